The number of halogens is 2. The molecule has 0 aliphatic heterocycles. The van der Waals surface area contributed by atoms with Gasteiger partial charge in [0.1, 0.15) is 11.6 Å². The number of nitrogens with zero attached hydrogens (tertiary/aromatic N) is 1. The summed E-state index contributed by atoms with van der Waals surface area (Å²) in [4.78, 5) is 0. The SMILES string of the molecule is Cc1cc(Nc2cc(F)ccc2F)ccc1C#N. The van der Waals surface area contributed by atoms with E-state index in [4.69, 9.17) is 5.26 Å². The van der Waals surface area contributed by atoms with Gasteiger partial charge >= 0.3 is 0 Å². The minimum absolute atomic E-state index is 0.0686. The van der Waals surface area contributed by atoms with E-state index in [0.717, 1.165) is 23.8 Å². The second kappa shape index (κ2) is 4.84. The predicted octanol–water partition coefficient (Wildman–Crippen LogP) is 3.89. The van der Waals surface area contributed by atoms with E-state index in [1.54, 1.807) is 25.1 Å². The Morgan fingerprint density at radius 3 is 2.56 bits per heavy atom. The van der Waals surface area contributed by atoms with Crippen LogP contribution in [0.15, 0.2) is 36.4 Å². The van der Waals surface area contributed by atoms with Gasteiger partial charge in [-0.05, 0) is 42.8 Å². The first-order valence-electron chi connectivity index (χ1n) is 5.33. The van der Waals surface area contributed by atoms with Crippen molar-refractivity contribution in [2.45, 2.75) is 6.92 Å². The first-order valence-corrected chi connectivity index (χ1v) is 5.33. The Morgan fingerprint density at radius 1 is 1.11 bits per heavy atom. The standard InChI is InChI=1S/C14H10F2N2/c1-9-6-12(4-2-10(9)8-17)18-14-7-11(15)3-5-13(14)16/h2-7,18H,1H3. The van der Waals surface area contributed by atoms with Crippen molar-refractivity contribution in [1.82, 2.24) is 0 Å². The van der Waals surface area contributed by atoms with Crippen LogP contribution in [0, 0.1) is 29.9 Å². The quantitative estimate of drug-likeness (QED) is 0.869. The lowest BCUT2D eigenvalue weighted by molar-refractivity contribution is 0.603. The number of anilines is 2. The highest BCUT2D eigenvalue weighted by Gasteiger charge is 2.05. The molecule has 2 aromatic carbocycles. The molecule has 0 atom stereocenters. The molecule has 0 amide bonds. The van der Waals surface area contributed by atoms with E-state index in [-0.39, 0.29) is 5.69 Å². The number of benzene rings is 2. The lowest BCUT2D eigenvalue weighted by Gasteiger charge is -2.09. The van der Waals surface area contributed by atoms with Gasteiger partial charge in [0.05, 0.1) is 17.3 Å². The highest BCUT2D eigenvalue weighted by atomic mass is 19.1. The fraction of sp³-hybridized carbons (Fsp3) is 0.0714. The summed E-state index contributed by atoms with van der Waals surface area (Å²) < 4.78 is 26.4. The minimum atomic E-state index is -0.529. The summed E-state index contributed by atoms with van der Waals surface area (Å²) in [5, 5.41) is 11.6. The van der Waals surface area contributed by atoms with Gasteiger partial charge in [-0.15, -0.1) is 0 Å². The molecular formula is C14H10F2N2. The molecule has 0 fully saturated rings. The average molecular weight is 244 g/mol. The first kappa shape index (κ1) is 12.1. The zero-order chi connectivity index (χ0) is 13.1. The molecular weight excluding hydrogens is 234 g/mol. The van der Waals surface area contributed by atoms with E-state index in [1.807, 2.05) is 6.07 Å². The van der Waals surface area contributed by atoms with Crippen LogP contribution < -0.4 is 5.32 Å². The second-order valence-corrected chi connectivity index (χ2v) is 3.89. The Morgan fingerprint density at radius 2 is 1.89 bits per heavy atom. The summed E-state index contributed by atoms with van der Waals surface area (Å²) in [6.45, 7) is 1.78. The van der Waals surface area contributed by atoms with Gasteiger partial charge in [0.15, 0.2) is 0 Å². The van der Waals surface area contributed by atoms with Gasteiger partial charge in [0.25, 0.3) is 0 Å². The molecule has 0 radical (unpaired) electrons. The Labute approximate surface area is 103 Å². The monoisotopic (exact) mass is 244 g/mol. The normalized spacial score (nSPS) is 9.89. The maximum Gasteiger partial charge on any atom is 0.146 e. The summed E-state index contributed by atoms with van der Waals surface area (Å²) in [6.07, 6.45) is 0. The van der Waals surface area contributed by atoms with Gasteiger partial charge in [-0.1, -0.05) is 0 Å². The van der Waals surface area contributed by atoms with Crippen molar-refractivity contribution in [3.05, 3.63) is 59.2 Å². The summed E-state index contributed by atoms with van der Waals surface area (Å²) in [5.41, 5.74) is 2.01. The lowest BCUT2D eigenvalue weighted by Crippen LogP contribution is -1.95. The van der Waals surface area contributed by atoms with E-state index in [2.05, 4.69) is 5.32 Å². The zero-order valence-corrected chi connectivity index (χ0v) is 9.67. The average Bonchev–Trinajstić information content (AvgIpc) is 2.34. The molecule has 0 aliphatic carbocycles. The van der Waals surface area contributed by atoms with Gasteiger partial charge < -0.3 is 5.32 Å². The van der Waals surface area contributed by atoms with Crippen LogP contribution in [0.5, 0.6) is 0 Å². The maximum atomic E-state index is 13.4. The Bertz CT molecular complexity index is 630. The van der Waals surface area contributed by atoms with E-state index in [0.29, 0.717) is 11.3 Å². The van der Waals surface area contributed by atoms with Crippen molar-refractivity contribution in [3.8, 4) is 6.07 Å². The predicted molar refractivity (Wildman–Crippen MR) is 65.5 cm³/mol. The molecule has 0 aliphatic rings. The van der Waals surface area contributed by atoms with Crippen LogP contribution in [-0.2, 0) is 0 Å². The molecule has 0 bridgehead atoms. The number of nitriles is 1. The molecule has 2 rings (SSSR count). The molecule has 2 aromatic rings. The van der Waals surface area contributed by atoms with Gasteiger partial charge in [0, 0.05) is 11.8 Å². The van der Waals surface area contributed by atoms with Crippen molar-refractivity contribution in [2.24, 2.45) is 0 Å². The molecule has 0 aromatic heterocycles. The van der Waals surface area contributed by atoms with Gasteiger partial charge in [-0.2, -0.15) is 5.26 Å². The molecule has 4 heteroatoms. The van der Waals surface area contributed by atoms with Crippen LogP contribution in [0.1, 0.15) is 11.1 Å². The molecule has 0 spiro atoms. The van der Waals surface area contributed by atoms with Crippen LogP contribution in [0.2, 0.25) is 0 Å². The molecule has 18 heavy (non-hydrogen) atoms. The smallest absolute Gasteiger partial charge is 0.146 e. The molecule has 90 valence electrons. The third-order valence-corrected chi connectivity index (χ3v) is 2.55. The molecule has 0 saturated heterocycles. The summed E-state index contributed by atoms with van der Waals surface area (Å²) in [7, 11) is 0. The fourth-order valence-corrected chi connectivity index (χ4v) is 1.62. The summed E-state index contributed by atoms with van der Waals surface area (Å²) in [6, 6.07) is 10.2. The molecule has 0 saturated carbocycles. The maximum absolute atomic E-state index is 13.4. The third kappa shape index (κ3) is 2.46. The Kier molecular flexibility index (Phi) is 3.24. The fourth-order valence-electron chi connectivity index (χ4n) is 1.62. The number of aryl methyl sites for hydroxylation is 1. The minimum Gasteiger partial charge on any atom is -0.353 e. The van der Waals surface area contributed by atoms with Crippen LogP contribution in [0.3, 0.4) is 0 Å². The van der Waals surface area contributed by atoms with Crippen molar-refractivity contribution < 1.29 is 8.78 Å². The van der Waals surface area contributed by atoms with E-state index >= 15 is 0 Å². The number of hydrogen-bond donors (Lipinski definition) is 1. The van der Waals surface area contributed by atoms with Gasteiger partial charge in [0.2, 0.25) is 0 Å². The summed E-state index contributed by atoms with van der Waals surface area (Å²) in [5.74, 6) is -1.04. The Hall–Kier alpha value is -2.41. The van der Waals surface area contributed by atoms with Crippen molar-refractivity contribution in [2.75, 3.05) is 5.32 Å². The van der Waals surface area contributed by atoms with Crippen LogP contribution in [0.25, 0.3) is 0 Å². The van der Waals surface area contributed by atoms with Crippen LogP contribution in [-0.4, -0.2) is 0 Å². The second-order valence-electron chi connectivity index (χ2n) is 3.89. The van der Waals surface area contributed by atoms with Gasteiger partial charge in [-0.3, -0.25) is 0 Å². The highest BCUT2D eigenvalue weighted by molar-refractivity contribution is 5.62. The largest absolute Gasteiger partial charge is 0.353 e. The molecule has 0 heterocycles. The molecule has 0 unspecified atom stereocenters. The van der Waals surface area contributed by atoms with Crippen molar-refractivity contribution in [3.63, 3.8) is 0 Å². The lowest BCUT2D eigenvalue weighted by atomic mass is 10.1. The third-order valence-electron chi connectivity index (χ3n) is 2.55. The van der Waals surface area contributed by atoms with E-state index in [1.165, 1.54) is 0 Å². The summed E-state index contributed by atoms with van der Waals surface area (Å²) >= 11 is 0. The van der Waals surface area contributed by atoms with Gasteiger partial charge in [-0.25, -0.2) is 8.78 Å². The Balaban J connectivity index is 2.32. The van der Waals surface area contributed by atoms with E-state index in [9.17, 15) is 8.78 Å². The number of rotatable bonds is 2. The number of nitrogens with one attached hydrogen (secondary N) is 1. The number of hydrogen-bond acceptors (Lipinski definition) is 2. The topological polar surface area (TPSA) is 35.8 Å². The van der Waals surface area contributed by atoms with Crippen LogP contribution in [0.4, 0.5) is 20.2 Å². The molecule has 2 nitrogen and oxygen atoms in total. The van der Waals surface area contributed by atoms with Crippen molar-refractivity contribution in [1.29, 1.82) is 5.26 Å². The van der Waals surface area contributed by atoms with E-state index < -0.39 is 11.6 Å². The zero-order valence-electron chi connectivity index (χ0n) is 9.67. The van der Waals surface area contributed by atoms with Crippen LogP contribution >= 0.6 is 0 Å². The first-order chi connectivity index (χ1) is 8.60. The highest BCUT2D eigenvalue weighted by Crippen LogP contribution is 2.22. The van der Waals surface area contributed by atoms with Crippen molar-refractivity contribution >= 4 is 11.4 Å². The molecule has 1 N–H and O–H groups in total.